The predicted octanol–water partition coefficient (Wildman–Crippen LogP) is 5.53. The average Bonchev–Trinajstić information content (AvgIpc) is 3.34. The fourth-order valence-electron chi connectivity index (χ4n) is 4.29. The normalized spacial score (nSPS) is 16.3. The minimum absolute atomic E-state index is 0.159. The number of thioether (sulfide) groups is 1. The molecule has 3 aromatic carbocycles. The third-order valence-corrected chi connectivity index (χ3v) is 7.30. The summed E-state index contributed by atoms with van der Waals surface area (Å²) in [5.41, 5.74) is 3.81. The van der Waals surface area contributed by atoms with Crippen LogP contribution in [0.15, 0.2) is 71.8 Å². The molecular formula is C26H20N2O3S2. The van der Waals surface area contributed by atoms with E-state index in [1.807, 2.05) is 67.6 Å². The van der Waals surface area contributed by atoms with Crippen LogP contribution >= 0.6 is 24.0 Å². The zero-order valence-electron chi connectivity index (χ0n) is 17.7. The Morgan fingerprint density at radius 2 is 1.79 bits per heavy atom. The van der Waals surface area contributed by atoms with Gasteiger partial charge in [0.2, 0.25) is 0 Å². The zero-order valence-corrected chi connectivity index (χ0v) is 19.4. The SMILES string of the molecule is Cc1ccc(/C=C2\SC(=S)N([C@@H](Cc3c[nH]c4ccccc34)C(=O)O)C2=O)c2ccccc12. The number of carboxylic acid groups (broad SMARTS) is 1. The largest absolute Gasteiger partial charge is 0.480 e. The summed E-state index contributed by atoms with van der Waals surface area (Å²) < 4.78 is 0.259. The van der Waals surface area contributed by atoms with E-state index in [0.29, 0.717) is 4.91 Å². The number of benzene rings is 3. The lowest BCUT2D eigenvalue weighted by atomic mass is 10.00. The molecule has 0 radical (unpaired) electrons. The number of aliphatic carboxylic acids is 1. The molecule has 164 valence electrons. The molecular weight excluding hydrogens is 452 g/mol. The van der Waals surface area contributed by atoms with Gasteiger partial charge in [-0.05, 0) is 46.5 Å². The van der Waals surface area contributed by atoms with Gasteiger partial charge < -0.3 is 10.1 Å². The van der Waals surface area contributed by atoms with Crippen LogP contribution in [0.2, 0.25) is 0 Å². The highest BCUT2D eigenvalue weighted by molar-refractivity contribution is 8.26. The maximum absolute atomic E-state index is 13.3. The minimum Gasteiger partial charge on any atom is -0.480 e. The van der Waals surface area contributed by atoms with E-state index in [4.69, 9.17) is 12.2 Å². The zero-order chi connectivity index (χ0) is 23.1. The Labute approximate surface area is 200 Å². The monoisotopic (exact) mass is 472 g/mol. The lowest BCUT2D eigenvalue weighted by Crippen LogP contribution is -2.45. The Kier molecular flexibility index (Phi) is 5.52. The van der Waals surface area contributed by atoms with Crippen LogP contribution in [0.5, 0.6) is 0 Å². The quantitative estimate of drug-likeness (QED) is 0.295. The molecule has 1 amide bonds. The van der Waals surface area contributed by atoms with Crippen molar-refractivity contribution in [3.8, 4) is 0 Å². The van der Waals surface area contributed by atoms with Gasteiger partial charge in [-0.2, -0.15) is 0 Å². The lowest BCUT2D eigenvalue weighted by Gasteiger charge is -2.23. The molecule has 1 saturated heterocycles. The van der Waals surface area contributed by atoms with Gasteiger partial charge in [-0.25, -0.2) is 4.79 Å². The molecule has 33 heavy (non-hydrogen) atoms. The first-order valence-electron chi connectivity index (χ1n) is 10.5. The highest BCUT2D eigenvalue weighted by Crippen LogP contribution is 2.36. The number of aryl methyl sites for hydroxylation is 1. The van der Waals surface area contributed by atoms with E-state index >= 15 is 0 Å². The van der Waals surface area contributed by atoms with Gasteiger partial charge in [-0.15, -0.1) is 0 Å². The number of nitrogens with one attached hydrogen (secondary N) is 1. The molecule has 2 N–H and O–H groups in total. The summed E-state index contributed by atoms with van der Waals surface area (Å²) in [5, 5.41) is 13.1. The van der Waals surface area contributed by atoms with Gasteiger partial charge in [-0.3, -0.25) is 9.69 Å². The van der Waals surface area contributed by atoms with E-state index in [1.54, 1.807) is 6.20 Å². The van der Waals surface area contributed by atoms with Gasteiger partial charge in [-0.1, -0.05) is 78.6 Å². The highest BCUT2D eigenvalue weighted by Gasteiger charge is 2.40. The van der Waals surface area contributed by atoms with Crippen LogP contribution in [-0.4, -0.2) is 37.2 Å². The molecule has 1 aliphatic rings. The van der Waals surface area contributed by atoms with Gasteiger partial charge in [0.05, 0.1) is 4.91 Å². The van der Waals surface area contributed by atoms with E-state index in [-0.39, 0.29) is 16.6 Å². The van der Waals surface area contributed by atoms with Gasteiger partial charge in [0.25, 0.3) is 5.91 Å². The number of amides is 1. The lowest BCUT2D eigenvalue weighted by molar-refractivity contribution is -0.145. The molecule has 1 aromatic heterocycles. The van der Waals surface area contributed by atoms with Crippen molar-refractivity contribution in [2.45, 2.75) is 19.4 Å². The average molecular weight is 473 g/mol. The van der Waals surface area contributed by atoms with Crippen molar-refractivity contribution >= 4 is 67.9 Å². The predicted molar refractivity (Wildman–Crippen MR) is 137 cm³/mol. The third kappa shape index (κ3) is 3.83. The molecule has 1 fully saturated rings. The summed E-state index contributed by atoms with van der Waals surface area (Å²) in [7, 11) is 0. The van der Waals surface area contributed by atoms with E-state index in [2.05, 4.69) is 11.1 Å². The fourth-order valence-corrected chi connectivity index (χ4v) is 5.63. The number of hydrogen-bond acceptors (Lipinski definition) is 4. The number of nitrogens with zero attached hydrogens (tertiary/aromatic N) is 1. The Morgan fingerprint density at radius 1 is 1.09 bits per heavy atom. The molecule has 1 atom stereocenters. The first-order chi connectivity index (χ1) is 15.9. The molecule has 1 aliphatic heterocycles. The maximum Gasteiger partial charge on any atom is 0.327 e. The Bertz CT molecular complexity index is 1470. The second kappa shape index (κ2) is 8.50. The van der Waals surface area contributed by atoms with Crippen LogP contribution in [0.1, 0.15) is 16.7 Å². The van der Waals surface area contributed by atoms with E-state index in [0.717, 1.165) is 50.1 Å². The third-order valence-electron chi connectivity index (χ3n) is 5.97. The maximum atomic E-state index is 13.3. The molecule has 0 spiro atoms. The van der Waals surface area contributed by atoms with E-state index in [9.17, 15) is 14.7 Å². The van der Waals surface area contributed by atoms with Crippen LogP contribution in [0.3, 0.4) is 0 Å². The summed E-state index contributed by atoms with van der Waals surface area (Å²) in [4.78, 5) is 30.4. The first kappa shape index (κ1) is 21.4. The Morgan fingerprint density at radius 3 is 2.55 bits per heavy atom. The topological polar surface area (TPSA) is 73.4 Å². The number of rotatable bonds is 5. The standard InChI is InChI=1S/C26H20N2O3S2/c1-15-10-11-16(19-7-3-2-6-18(15)19)13-23-24(29)28(26(32)33-23)22(25(30)31)12-17-14-27-21-9-5-4-8-20(17)21/h2-11,13-14,22,27H,12H2,1H3,(H,30,31)/b23-13-/t22-/m0/s1. The number of carbonyl (C=O) groups excluding carboxylic acids is 1. The molecule has 0 saturated carbocycles. The molecule has 5 nitrogen and oxygen atoms in total. The van der Waals surface area contributed by atoms with Gasteiger partial charge >= 0.3 is 5.97 Å². The highest BCUT2D eigenvalue weighted by atomic mass is 32.2. The van der Waals surface area contributed by atoms with Crippen LogP contribution in [0, 0.1) is 6.92 Å². The fraction of sp³-hybridized carbons (Fsp3) is 0.115. The van der Waals surface area contributed by atoms with Crippen molar-refractivity contribution in [3.63, 3.8) is 0 Å². The summed E-state index contributed by atoms with van der Waals surface area (Å²) in [6, 6.07) is 18.6. The number of aromatic nitrogens is 1. The molecule has 4 aromatic rings. The number of H-pyrrole nitrogens is 1. The van der Waals surface area contributed by atoms with Crippen molar-refractivity contribution in [1.29, 1.82) is 0 Å². The van der Waals surface area contributed by atoms with Crippen LogP contribution in [0.4, 0.5) is 0 Å². The Hall–Kier alpha value is -3.42. The first-order valence-corrected chi connectivity index (χ1v) is 11.7. The molecule has 2 heterocycles. The molecule has 0 unspecified atom stereocenters. The summed E-state index contributed by atoms with van der Waals surface area (Å²) in [6.45, 7) is 2.05. The van der Waals surface area contributed by atoms with Crippen LogP contribution < -0.4 is 0 Å². The van der Waals surface area contributed by atoms with Crippen molar-refractivity contribution < 1.29 is 14.7 Å². The van der Waals surface area contributed by atoms with Crippen LogP contribution in [-0.2, 0) is 16.0 Å². The number of thiocarbonyl (C=S) groups is 1. The van der Waals surface area contributed by atoms with E-state index in [1.165, 1.54) is 4.90 Å². The number of carboxylic acids is 1. The minimum atomic E-state index is -1.09. The summed E-state index contributed by atoms with van der Waals surface area (Å²) >= 11 is 6.62. The van der Waals surface area contributed by atoms with Crippen molar-refractivity contribution in [2.75, 3.05) is 0 Å². The van der Waals surface area contributed by atoms with Crippen molar-refractivity contribution in [2.24, 2.45) is 0 Å². The molecule has 0 bridgehead atoms. The van der Waals surface area contributed by atoms with Gasteiger partial charge in [0.15, 0.2) is 0 Å². The molecule has 7 heteroatoms. The second-order valence-electron chi connectivity index (χ2n) is 7.99. The number of aromatic amines is 1. The summed E-state index contributed by atoms with van der Waals surface area (Å²) in [5.74, 6) is -1.46. The number of fused-ring (bicyclic) bond motifs is 2. The smallest absolute Gasteiger partial charge is 0.327 e. The summed E-state index contributed by atoms with van der Waals surface area (Å²) in [6.07, 6.45) is 3.77. The van der Waals surface area contributed by atoms with E-state index < -0.39 is 12.0 Å². The van der Waals surface area contributed by atoms with Crippen molar-refractivity contribution in [1.82, 2.24) is 9.88 Å². The van der Waals surface area contributed by atoms with Crippen molar-refractivity contribution in [3.05, 3.63) is 88.5 Å². The second-order valence-corrected chi connectivity index (χ2v) is 9.66. The number of para-hydroxylation sites is 1. The van der Waals surface area contributed by atoms with Gasteiger partial charge in [0, 0.05) is 23.5 Å². The van der Waals surface area contributed by atoms with Gasteiger partial charge in [0.1, 0.15) is 10.4 Å². The Balaban J connectivity index is 1.49. The molecule has 0 aliphatic carbocycles. The number of hydrogen-bond donors (Lipinski definition) is 2. The van der Waals surface area contributed by atoms with Crippen LogP contribution in [0.25, 0.3) is 27.8 Å². The number of carbonyl (C=O) groups is 2. The molecule has 5 rings (SSSR count).